The van der Waals surface area contributed by atoms with E-state index in [-0.39, 0.29) is 12.3 Å². The third kappa shape index (κ3) is 1.79. The van der Waals surface area contributed by atoms with E-state index >= 15 is 0 Å². The van der Waals surface area contributed by atoms with Gasteiger partial charge in [-0.3, -0.25) is 0 Å². The third-order valence-corrected chi connectivity index (χ3v) is 1.88. The van der Waals surface area contributed by atoms with E-state index in [9.17, 15) is 8.78 Å². The van der Waals surface area contributed by atoms with Crippen molar-refractivity contribution in [1.29, 1.82) is 0 Å². The average Bonchev–Trinajstić information content (AvgIpc) is 2.35. The van der Waals surface area contributed by atoms with Crippen molar-refractivity contribution < 1.29 is 8.78 Å². The molecular formula is C8H12F2. The van der Waals surface area contributed by atoms with E-state index in [0.29, 0.717) is 6.42 Å². The fourth-order valence-corrected chi connectivity index (χ4v) is 1.00. The van der Waals surface area contributed by atoms with Crippen LogP contribution < -0.4 is 0 Å². The topological polar surface area (TPSA) is 0 Å². The van der Waals surface area contributed by atoms with Gasteiger partial charge in [0.2, 0.25) is 0 Å². The Morgan fingerprint density at radius 1 is 1.70 bits per heavy atom. The van der Waals surface area contributed by atoms with Crippen LogP contribution in [0.3, 0.4) is 0 Å². The fraction of sp³-hybridized carbons (Fsp3) is 0.750. The summed E-state index contributed by atoms with van der Waals surface area (Å²) in [6.07, 6.45) is 1.46. The van der Waals surface area contributed by atoms with Gasteiger partial charge in [-0.05, 0) is 19.8 Å². The third-order valence-electron chi connectivity index (χ3n) is 1.88. The molecule has 0 aromatic heterocycles. The standard InChI is InChI=1S/C8H12F2/c1-6(2)3-4-7-5-8(7,9)10/h7H,1,3-5H2,2H3. The number of hydrogen-bond donors (Lipinski definition) is 0. The van der Waals surface area contributed by atoms with Crippen LogP contribution >= 0.6 is 0 Å². The zero-order valence-electron chi connectivity index (χ0n) is 6.16. The Morgan fingerprint density at radius 3 is 2.50 bits per heavy atom. The average molecular weight is 146 g/mol. The smallest absolute Gasteiger partial charge is 0.207 e. The van der Waals surface area contributed by atoms with Crippen LogP contribution in [-0.4, -0.2) is 5.92 Å². The highest BCUT2D eigenvalue weighted by Gasteiger charge is 2.55. The van der Waals surface area contributed by atoms with E-state index in [2.05, 4.69) is 6.58 Å². The Balaban J connectivity index is 2.13. The largest absolute Gasteiger partial charge is 0.251 e. The molecule has 1 atom stereocenters. The highest BCUT2D eigenvalue weighted by atomic mass is 19.3. The van der Waals surface area contributed by atoms with Crippen molar-refractivity contribution in [2.45, 2.75) is 32.1 Å². The second-order valence-electron chi connectivity index (χ2n) is 3.16. The second kappa shape index (κ2) is 2.33. The molecule has 0 aromatic rings. The number of hydrogen-bond acceptors (Lipinski definition) is 0. The summed E-state index contributed by atoms with van der Waals surface area (Å²) >= 11 is 0. The number of alkyl halides is 2. The van der Waals surface area contributed by atoms with Crippen LogP contribution in [0.25, 0.3) is 0 Å². The molecule has 1 aliphatic carbocycles. The highest BCUT2D eigenvalue weighted by molar-refractivity contribution is 4.98. The fourth-order valence-electron chi connectivity index (χ4n) is 1.00. The quantitative estimate of drug-likeness (QED) is 0.537. The lowest BCUT2D eigenvalue weighted by molar-refractivity contribution is 0.0971. The lowest BCUT2D eigenvalue weighted by Crippen LogP contribution is -1.93. The number of allylic oxidation sites excluding steroid dienone is 1. The van der Waals surface area contributed by atoms with Crippen LogP contribution in [-0.2, 0) is 0 Å². The van der Waals surface area contributed by atoms with Crippen LogP contribution in [0.2, 0.25) is 0 Å². The van der Waals surface area contributed by atoms with Gasteiger partial charge < -0.3 is 0 Å². The molecule has 0 amide bonds. The summed E-state index contributed by atoms with van der Waals surface area (Å²) < 4.78 is 24.4. The van der Waals surface area contributed by atoms with Gasteiger partial charge in [-0.2, -0.15) is 0 Å². The molecule has 1 fully saturated rings. The van der Waals surface area contributed by atoms with Crippen LogP contribution in [0, 0.1) is 5.92 Å². The molecule has 10 heavy (non-hydrogen) atoms. The molecule has 1 saturated carbocycles. The monoisotopic (exact) mass is 146 g/mol. The second-order valence-corrected chi connectivity index (χ2v) is 3.16. The molecule has 1 aliphatic rings. The molecule has 0 aromatic carbocycles. The van der Waals surface area contributed by atoms with Crippen LogP contribution in [0.5, 0.6) is 0 Å². The summed E-state index contributed by atoms with van der Waals surface area (Å²) in [7, 11) is 0. The molecule has 2 heteroatoms. The van der Waals surface area contributed by atoms with Crippen molar-refractivity contribution in [3.8, 4) is 0 Å². The number of halogens is 2. The van der Waals surface area contributed by atoms with Crippen molar-refractivity contribution in [3.05, 3.63) is 12.2 Å². The van der Waals surface area contributed by atoms with Crippen LogP contribution in [0.4, 0.5) is 8.78 Å². The van der Waals surface area contributed by atoms with Crippen molar-refractivity contribution in [1.82, 2.24) is 0 Å². The molecule has 0 bridgehead atoms. The van der Waals surface area contributed by atoms with Gasteiger partial charge in [0.25, 0.3) is 5.92 Å². The van der Waals surface area contributed by atoms with Gasteiger partial charge in [0.15, 0.2) is 0 Å². The lowest BCUT2D eigenvalue weighted by atomic mass is 10.1. The van der Waals surface area contributed by atoms with Gasteiger partial charge in [0, 0.05) is 12.3 Å². The van der Waals surface area contributed by atoms with Crippen molar-refractivity contribution in [2.24, 2.45) is 5.92 Å². The molecular weight excluding hydrogens is 134 g/mol. The van der Waals surface area contributed by atoms with Crippen molar-refractivity contribution >= 4 is 0 Å². The van der Waals surface area contributed by atoms with Crippen molar-refractivity contribution in [2.75, 3.05) is 0 Å². The van der Waals surface area contributed by atoms with Gasteiger partial charge in [-0.1, -0.05) is 5.57 Å². The summed E-state index contributed by atoms with van der Waals surface area (Å²) in [6, 6.07) is 0. The summed E-state index contributed by atoms with van der Waals surface area (Å²) in [4.78, 5) is 0. The molecule has 0 spiro atoms. The maximum atomic E-state index is 12.2. The van der Waals surface area contributed by atoms with E-state index in [1.165, 1.54) is 0 Å². The minimum Gasteiger partial charge on any atom is -0.207 e. The molecule has 0 nitrogen and oxygen atoms in total. The maximum Gasteiger partial charge on any atom is 0.251 e. The molecule has 0 N–H and O–H groups in total. The minimum absolute atomic E-state index is 0.0975. The van der Waals surface area contributed by atoms with Gasteiger partial charge in [0.05, 0.1) is 0 Å². The first kappa shape index (κ1) is 7.70. The zero-order valence-corrected chi connectivity index (χ0v) is 6.16. The summed E-state index contributed by atoms with van der Waals surface area (Å²) in [5, 5.41) is 0. The first-order chi connectivity index (χ1) is 4.52. The Hall–Kier alpha value is -0.400. The zero-order chi connectivity index (χ0) is 7.78. The molecule has 1 rings (SSSR count). The molecule has 0 aliphatic heterocycles. The van der Waals surface area contributed by atoms with Crippen LogP contribution in [0.1, 0.15) is 26.2 Å². The minimum atomic E-state index is -2.34. The summed E-state index contributed by atoms with van der Waals surface area (Å²) in [5.74, 6) is -2.68. The van der Waals surface area contributed by atoms with Gasteiger partial charge in [-0.15, -0.1) is 6.58 Å². The molecule has 58 valence electrons. The highest BCUT2D eigenvalue weighted by Crippen LogP contribution is 2.51. The van der Waals surface area contributed by atoms with Gasteiger partial charge in [-0.25, -0.2) is 8.78 Å². The van der Waals surface area contributed by atoms with E-state index in [1.807, 2.05) is 6.92 Å². The molecule has 0 radical (unpaired) electrons. The van der Waals surface area contributed by atoms with E-state index in [4.69, 9.17) is 0 Å². The van der Waals surface area contributed by atoms with E-state index in [1.54, 1.807) is 0 Å². The Bertz CT molecular complexity index is 149. The van der Waals surface area contributed by atoms with Gasteiger partial charge in [0.1, 0.15) is 0 Å². The summed E-state index contributed by atoms with van der Waals surface area (Å²) in [5.41, 5.74) is 1.00. The Morgan fingerprint density at radius 2 is 2.20 bits per heavy atom. The molecule has 0 saturated heterocycles. The number of rotatable bonds is 3. The first-order valence-corrected chi connectivity index (χ1v) is 3.54. The molecule has 1 unspecified atom stereocenters. The van der Waals surface area contributed by atoms with Gasteiger partial charge >= 0.3 is 0 Å². The maximum absolute atomic E-state index is 12.2. The summed E-state index contributed by atoms with van der Waals surface area (Å²) in [6.45, 7) is 5.53. The molecule has 0 heterocycles. The van der Waals surface area contributed by atoms with Crippen LogP contribution in [0.15, 0.2) is 12.2 Å². The Kier molecular flexibility index (Phi) is 1.80. The van der Waals surface area contributed by atoms with E-state index < -0.39 is 5.92 Å². The normalized spacial score (nSPS) is 28.1. The predicted octanol–water partition coefficient (Wildman–Crippen LogP) is 3.00. The lowest BCUT2D eigenvalue weighted by Gasteiger charge is -1.96. The van der Waals surface area contributed by atoms with Crippen molar-refractivity contribution in [3.63, 3.8) is 0 Å². The SMILES string of the molecule is C=C(C)CCC1CC1(F)F. The Labute approximate surface area is 59.9 Å². The van der Waals surface area contributed by atoms with E-state index in [0.717, 1.165) is 12.0 Å². The predicted molar refractivity (Wildman–Crippen MR) is 37.1 cm³/mol. The first-order valence-electron chi connectivity index (χ1n) is 3.54.